The van der Waals surface area contributed by atoms with Gasteiger partial charge in [0.15, 0.2) is 0 Å². The minimum absolute atomic E-state index is 0.0393. The van der Waals surface area contributed by atoms with Crippen molar-refractivity contribution in [3.63, 3.8) is 0 Å². The van der Waals surface area contributed by atoms with E-state index in [0.717, 1.165) is 16.2 Å². The molecule has 0 unspecified atom stereocenters. The maximum atomic E-state index is 14.3. The summed E-state index contributed by atoms with van der Waals surface area (Å²) in [7, 11) is -0.947. The van der Waals surface area contributed by atoms with Crippen molar-refractivity contribution >= 4 is 17.9 Å². The summed E-state index contributed by atoms with van der Waals surface area (Å²) < 4.78 is 16.3. The van der Waals surface area contributed by atoms with Gasteiger partial charge in [0.2, 0.25) is 7.29 Å². The second-order valence-corrected chi connectivity index (χ2v) is 8.72. The van der Waals surface area contributed by atoms with Gasteiger partial charge in [-0.1, -0.05) is 66.7 Å². The van der Waals surface area contributed by atoms with Crippen LogP contribution in [0.5, 0.6) is 0 Å². The van der Waals surface area contributed by atoms with Crippen molar-refractivity contribution in [1.82, 2.24) is 4.67 Å². The smallest absolute Gasteiger partial charge is 0.207 e. The molecule has 0 radical (unpaired) electrons. The van der Waals surface area contributed by atoms with Crippen molar-refractivity contribution < 1.29 is 4.57 Å². The Hall–Kier alpha value is -2.15. The lowest BCUT2D eigenvalue weighted by Crippen LogP contribution is -2.31. The van der Waals surface area contributed by atoms with Crippen LogP contribution in [0, 0.1) is 0 Å². The van der Waals surface area contributed by atoms with Gasteiger partial charge in [-0.25, -0.2) is 4.67 Å². The van der Waals surface area contributed by atoms with Crippen LogP contribution in [0.1, 0.15) is 18.5 Å². The van der Waals surface area contributed by atoms with E-state index in [4.69, 9.17) is 0 Å². The van der Waals surface area contributed by atoms with Gasteiger partial charge in [0, 0.05) is 16.7 Å². The minimum atomic E-state index is -2.90. The molecular formula is C21H22NOP. The zero-order valence-corrected chi connectivity index (χ0v) is 14.9. The second kappa shape index (κ2) is 7.17. The van der Waals surface area contributed by atoms with Crippen LogP contribution < -0.4 is 10.6 Å². The van der Waals surface area contributed by atoms with Crippen LogP contribution in [-0.4, -0.2) is 11.7 Å². The topological polar surface area (TPSA) is 20.3 Å². The summed E-state index contributed by atoms with van der Waals surface area (Å²) in [6, 6.07) is 29.8. The maximum Gasteiger partial charge on any atom is 0.207 e. The van der Waals surface area contributed by atoms with Crippen LogP contribution in [0.4, 0.5) is 0 Å². The van der Waals surface area contributed by atoms with Crippen molar-refractivity contribution in [2.24, 2.45) is 0 Å². The lowest BCUT2D eigenvalue weighted by atomic mass is 10.1. The molecule has 0 fully saturated rings. The summed E-state index contributed by atoms with van der Waals surface area (Å²) in [5.41, 5.74) is 1.16. The molecule has 0 saturated carbocycles. The zero-order chi connectivity index (χ0) is 17.0. The first kappa shape index (κ1) is 16.7. The molecule has 0 aliphatic heterocycles. The Balaban J connectivity index is 2.11. The Morgan fingerprint density at radius 2 is 1.08 bits per heavy atom. The van der Waals surface area contributed by atoms with E-state index in [1.165, 1.54) is 0 Å². The molecule has 3 aromatic rings. The van der Waals surface area contributed by atoms with Crippen molar-refractivity contribution in [1.29, 1.82) is 0 Å². The molecular weight excluding hydrogens is 313 g/mol. The third-order valence-electron chi connectivity index (χ3n) is 4.50. The summed E-state index contributed by atoms with van der Waals surface area (Å²) in [6.45, 7) is 2.11. The normalized spacial score (nSPS) is 13.0. The first-order chi connectivity index (χ1) is 11.6. The Morgan fingerprint density at radius 3 is 1.50 bits per heavy atom. The molecule has 0 heterocycles. The van der Waals surface area contributed by atoms with E-state index in [1.54, 1.807) is 0 Å². The molecule has 0 N–H and O–H groups in total. The lowest BCUT2D eigenvalue weighted by molar-refractivity contribution is 0.408. The van der Waals surface area contributed by atoms with E-state index in [2.05, 4.69) is 19.1 Å². The molecule has 0 bridgehead atoms. The van der Waals surface area contributed by atoms with Crippen molar-refractivity contribution in [2.45, 2.75) is 13.0 Å². The van der Waals surface area contributed by atoms with Crippen LogP contribution in [0.25, 0.3) is 0 Å². The molecule has 0 aliphatic carbocycles. The third kappa shape index (κ3) is 3.08. The first-order valence-electron chi connectivity index (χ1n) is 8.13. The van der Waals surface area contributed by atoms with E-state index in [-0.39, 0.29) is 6.04 Å². The zero-order valence-electron chi connectivity index (χ0n) is 14.0. The second-order valence-electron chi connectivity index (χ2n) is 5.91. The number of hydrogen-bond donors (Lipinski definition) is 0. The van der Waals surface area contributed by atoms with Gasteiger partial charge in [-0.15, -0.1) is 0 Å². The molecule has 0 spiro atoms. The van der Waals surface area contributed by atoms with E-state index >= 15 is 0 Å². The Kier molecular flexibility index (Phi) is 4.99. The fraction of sp³-hybridized carbons (Fsp3) is 0.143. The Bertz CT molecular complexity index is 775. The molecule has 1 atom stereocenters. The molecule has 3 heteroatoms. The fourth-order valence-electron chi connectivity index (χ4n) is 2.96. The number of nitrogens with zero attached hydrogens (tertiary/aromatic N) is 1. The van der Waals surface area contributed by atoms with Gasteiger partial charge in [0.05, 0.1) is 0 Å². The molecule has 0 aliphatic rings. The standard InChI is InChI=1S/C21H22NOP/c1-18(19-12-6-3-7-13-19)22(2)24(23,20-14-8-4-9-15-20)21-16-10-5-11-17-21/h3-18H,1-2H3/t18-/m1/s1. The van der Waals surface area contributed by atoms with Crippen LogP contribution in [0.15, 0.2) is 91.0 Å². The summed E-state index contributed by atoms with van der Waals surface area (Å²) >= 11 is 0. The molecule has 0 saturated heterocycles. The Morgan fingerprint density at radius 1 is 0.708 bits per heavy atom. The van der Waals surface area contributed by atoms with Gasteiger partial charge in [0.25, 0.3) is 0 Å². The van der Waals surface area contributed by atoms with Crippen LogP contribution in [0.2, 0.25) is 0 Å². The molecule has 3 aromatic carbocycles. The molecule has 0 amide bonds. The predicted molar refractivity (Wildman–Crippen MR) is 102 cm³/mol. The highest BCUT2D eigenvalue weighted by molar-refractivity contribution is 7.76. The highest BCUT2D eigenvalue weighted by atomic mass is 31.2. The average Bonchev–Trinajstić information content (AvgIpc) is 2.68. The SMILES string of the molecule is C[C@H](c1ccccc1)N(C)P(=O)(c1ccccc1)c1ccccc1. The van der Waals surface area contributed by atoms with Crippen LogP contribution in [-0.2, 0) is 4.57 Å². The van der Waals surface area contributed by atoms with Gasteiger partial charge in [-0.2, -0.15) is 0 Å². The largest absolute Gasteiger partial charge is 0.296 e. The number of benzene rings is 3. The molecule has 24 heavy (non-hydrogen) atoms. The van der Waals surface area contributed by atoms with Crippen LogP contribution in [0.3, 0.4) is 0 Å². The summed E-state index contributed by atoms with van der Waals surface area (Å²) in [5.74, 6) is 0. The quantitative estimate of drug-likeness (QED) is 0.635. The summed E-state index contributed by atoms with van der Waals surface area (Å²) in [5, 5.41) is 1.72. The monoisotopic (exact) mass is 335 g/mol. The molecule has 2 nitrogen and oxygen atoms in total. The van der Waals surface area contributed by atoms with Gasteiger partial charge >= 0.3 is 0 Å². The van der Waals surface area contributed by atoms with E-state index in [1.807, 2.05) is 90.6 Å². The first-order valence-corrected chi connectivity index (χ1v) is 9.79. The molecule has 0 aromatic heterocycles. The van der Waals surface area contributed by atoms with Crippen molar-refractivity contribution in [2.75, 3.05) is 7.05 Å². The van der Waals surface area contributed by atoms with Gasteiger partial charge in [-0.05, 0) is 43.8 Å². The molecule has 3 rings (SSSR count). The van der Waals surface area contributed by atoms with Gasteiger partial charge in [-0.3, -0.25) is 4.57 Å². The van der Waals surface area contributed by atoms with Gasteiger partial charge < -0.3 is 0 Å². The summed E-state index contributed by atoms with van der Waals surface area (Å²) in [4.78, 5) is 0. The maximum absolute atomic E-state index is 14.3. The highest BCUT2D eigenvalue weighted by Gasteiger charge is 2.35. The van der Waals surface area contributed by atoms with Crippen molar-refractivity contribution in [3.8, 4) is 0 Å². The summed E-state index contributed by atoms with van der Waals surface area (Å²) in [6.07, 6.45) is 0. The fourth-order valence-corrected chi connectivity index (χ4v) is 5.77. The predicted octanol–water partition coefficient (Wildman–Crippen LogP) is 4.61. The lowest BCUT2D eigenvalue weighted by Gasteiger charge is -2.34. The van der Waals surface area contributed by atoms with Crippen molar-refractivity contribution in [3.05, 3.63) is 96.6 Å². The Labute approximate surface area is 144 Å². The van der Waals surface area contributed by atoms with E-state index < -0.39 is 7.29 Å². The minimum Gasteiger partial charge on any atom is -0.296 e. The molecule has 122 valence electrons. The highest BCUT2D eigenvalue weighted by Crippen LogP contribution is 2.50. The average molecular weight is 335 g/mol. The van der Waals surface area contributed by atoms with E-state index in [0.29, 0.717) is 0 Å². The van der Waals surface area contributed by atoms with Crippen LogP contribution >= 0.6 is 7.29 Å². The number of rotatable bonds is 5. The van der Waals surface area contributed by atoms with E-state index in [9.17, 15) is 4.57 Å². The van der Waals surface area contributed by atoms with Gasteiger partial charge in [0.1, 0.15) is 0 Å². The third-order valence-corrected chi connectivity index (χ3v) is 7.73. The number of hydrogen-bond acceptors (Lipinski definition) is 1.